The molecule has 1 aromatic rings. The third-order valence-electron chi connectivity index (χ3n) is 3.79. The van der Waals surface area contributed by atoms with Crippen molar-refractivity contribution in [2.45, 2.75) is 52.7 Å². The van der Waals surface area contributed by atoms with E-state index >= 15 is 0 Å². The molecule has 0 amide bonds. The Kier molecular flexibility index (Phi) is 8.58. The molecule has 0 bridgehead atoms. The summed E-state index contributed by atoms with van der Waals surface area (Å²) in [5.41, 5.74) is 1.29. The van der Waals surface area contributed by atoms with Crippen LogP contribution in [0.15, 0.2) is 16.7 Å². The van der Waals surface area contributed by atoms with Crippen molar-refractivity contribution >= 4 is 0 Å². The van der Waals surface area contributed by atoms with Crippen molar-refractivity contribution in [3.05, 3.63) is 23.7 Å². The second kappa shape index (κ2) is 9.97. The second-order valence-corrected chi connectivity index (χ2v) is 5.08. The molecule has 4 nitrogen and oxygen atoms in total. The SMILES string of the molecule is CCNCc1occc1CN(CCOC)C(CC)CC. The minimum Gasteiger partial charge on any atom is -0.468 e. The normalized spacial score (nSPS) is 11.7. The summed E-state index contributed by atoms with van der Waals surface area (Å²) in [6, 6.07) is 2.70. The highest BCUT2D eigenvalue weighted by molar-refractivity contribution is 5.17. The number of nitrogens with zero attached hydrogens (tertiary/aromatic N) is 1. The summed E-state index contributed by atoms with van der Waals surface area (Å²) in [4.78, 5) is 2.50. The van der Waals surface area contributed by atoms with Gasteiger partial charge in [-0.15, -0.1) is 0 Å². The van der Waals surface area contributed by atoms with Crippen molar-refractivity contribution in [3.8, 4) is 0 Å². The Bertz CT molecular complexity index is 348. The molecule has 0 fully saturated rings. The molecule has 116 valence electrons. The van der Waals surface area contributed by atoms with E-state index in [0.717, 1.165) is 38.5 Å². The third kappa shape index (κ3) is 5.27. The molecule has 0 saturated heterocycles. The second-order valence-electron chi connectivity index (χ2n) is 5.08. The van der Waals surface area contributed by atoms with E-state index in [-0.39, 0.29) is 0 Å². The van der Waals surface area contributed by atoms with E-state index in [1.54, 1.807) is 13.4 Å². The molecule has 1 N–H and O–H groups in total. The van der Waals surface area contributed by atoms with Crippen LogP contribution in [0.25, 0.3) is 0 Å². The number of nitrogens with one attached hydrogen (secondary N) is 1. The van der Waals surface area contributed by atoms with Crippen LogP contribution >= 0.6 is 0 Å². The van der Waals surface area contributed by atoms with Crippen LogP contribution in [0.2, 0.25) is 0 Å². The lowest BCUT2D eigenvalue weighted by Crippen LogP contribution is -2.36. The van der Waals surface area contributed by atoms with Gasteiger partial charge in [0, 0.05) is 31.8 Å². The lowest BCUT2D eigenvalue weighted by atomic mass is 10.1. The minimum absolute atomic E-state index is 0.604. The summed E-state index contributed by atoms with van der Waals surface area (Å²) in [6.07, 6.45) is 4.13. The highest BCUT2D eigenvalue weighted by atomic mass is 16.5. The van der Waals surface area contributed by atoms with E-state index in [9.17, 15) is 0 Å². The van der Waals surface area contributed by atoms with E-state index in [4.69, 9.17) is 9.15 Å². The van der Waals surface area contributed by atoms with Crippen LogP contribution in [-0.2, 0) is 17.8 Å². The Balaban J connectivity index is 2.70. The summed E-state index contributed by atoms with van der Waals surface area (Å²) in [5, 5.41) is 3.33. The minimum atomic E-state index is 0.604. The zero-order valence-electron chi connectivity index (χ0n) is 13.4. The molecule has 0 aliphatic heterocycles. The van der Waals surface area contributed by atoms with Crippen LogP contribution in [0, 0.1) is 0 Å². The van der Waals surface area contributed by atoms with Crippen molar-refractivity contribution < 1.29 is 9.15 Å². The Labute approximate surface area is 123 Å². The fourth-order valence-electron chi connectivity index (χ4n) is 2.52. The summed E-state index contributed by atoms with van der Waals surface area (Å²) in [7, 11) is 1.76. The van der Waals surface area contributed by atoms with Gasteiger partial charge in [0.25, 0.3) is 0 Å². The maximum absolute atomic E-state index is 5.60. The van der Waals surface area contributed by atoms with Crippen molar-refractivity contribution in [1.29, 1.82) is 0 Å². The predicted octanol–water partition coefficient (Wildman–Crippen LogP) is 3.03. The number of ether oxygens (including phenoxy) is 1. The molecule has 0 saturated carbocycles. The predicted molar refractivity (Wildman–Crippen MR) is 82.7 cm³/mol. The van der Waals surface area contributed by atoms with E-state index in [0.29, 0.717) is 6.04 Å². The van der Waals surface area contributed by atoms with E-state index in [2.05, 4.69) is 37.1 Å². The van der Waals surface area contributed by atoms with E-state index in [1.807, 2.05) is 0 Å². The van der Waals surface area contributed by atoms with Crippen LogP contribution in [-0.4, -0.2) is 37.7 Å². The van der Waals surface area contributed by atoms with Crippen molar-refractivity contribution in [2.75, 3.05) is 26.8 Å². The largest absolute Gasteiger partial charge is 0.468 e. The number of hydrogen-bond acceptors (Lipinski definition) is 4. The molecule has 1 rings (SSSR count). The fourth-order valence-corrected chi connectivity index (χ4v) is 2.52. The Morgan fingerprint density at radius 1 is 1.30 bits per heavy atom. The van der Waals surface area contributed by atoms with Gasteiger partial charge in [-0.25, -0.2) is 0 Å². The number of furan rings is 1. The average Bonchev–Trinajstić information content (AvgIpc) is 2.90. The lowest BCUT2D eigenvalue weighted by Gasteiger charge is -2.30. The van der Waals surface area contributed by atoms with Gasteiger partial charge < -0.3 is 14.5 Å². The van der Waals surface area contributed by atoms with Gasteiger partial charge in [0.05, 0.1) is 19.4 Å². The van der Waals surface area contributed by atoms with Gasteiger partial charge in [-0.2, -0.15) is 0 Å². The zero-order valence-corrected chi connectivity index (χ0v) is 13.4. The van der Waals surface area contributed by atoms with Crippen LogP contribution in [0.4, 0.5) is 0 Å². The van der Waals surface area contributed by atoms with Gasteiger partial charge in [-0.3, -0.25) is 4.90 Å². The standard InChI is InChI=1S/C16H30N2O2/c1-5-15(6-2)18(9-11-19-4)13-14-8-10-20-16(14)12-17-7-3/h8,10,15,17H,5-7,9,11-13H2,1-4H3. The fraction of sp³-hybridized carbons (Fsp3) is 0.750. The molecule has 0 spiro atoms. The first-order valence-corrected chi connectivity index (χ1v) is 7.75. The molecule has 4 heteroatoms. The molecule has 0 aromatic carbocycles. The Morgan fingerprint density at radius 3 is 2.65 bits per heavy atom. The van der Waals surface area contributed by atoms with Crippen molar-refractivity contribution in [3.63, 3.8) is 0 Å². The molecular weight excluding hydrogens is 252 g/mol. The van der Waals surface area contributed by atoms with Crippen molar-refractivity contribution in [1.82, 2.24) is 10.2 Å². The average molecular weight is 282 g/mol. The first-order chi connectivity index (χ1) is 9.76. The number of methoxy groups -OCH3 is 1. The summed E-state index contributed by atoms with van der Waals surface area (Å²) in [5.74, 6) is 1.06. The maximum Gasteiger partial charge on any atom is 0.122 e. The highest BCUT2D eigenvalue weighted by Gasteiger charge is 2.17. The molecule has 20 heavy (non-hydrogen) atoms. The Morgan fingerprint density at radius 2 is 2.05 bits per heavy atom. The van der Waals surface area contributed by atoms with Crippen molar-refractivity contribution in [2.24, 2.45) is 0 Å². The monoisotopic (exact) mass is 282 g/mol. The third-order valence-corrected chi connectivity index (χ3v) is 3.79. The van der Waals surface area contributed by atoms with Gasteiger partial charge in [0.15, 0.2) is 0 Å². The first-order valence-electron chi connectivity index (χ1n) is 7.75. The van der Waals surface area contributed by atoms with Gasteiger partial charge >= 0.3 is 0 Å². The zero-order chi connectivity index (χ0) is 14.8. The van der Waals surface area contributed by atoms with E-state index in [1.165, 1.54) is 18.4 Å². The topological polar surface area (TPSA) is 37.6 Å². The Hall–Kier alpha value is -0.840. The quantitative estimate of drug-likeness (QED) is 0.677. The van der Waals surface area contributed by atoms with Crippen LogP contribution in [0.3, 0.4) is 0 Å². The highest BCUT2D eigenvalue weighted by Crippen LogP contribution is 2.17. The smallest absolute Gasteiger partial charge is 0.122 e. The summed E-state index contributed by atoms with van der Waals surface area (Å²) >= 11 is 0. The summed E-state index contributed by atoms with van der Waals surface area (Å²) in [6.45, 7) is 11.1. The van der Waals surface area contributed by atoms with E-state index < -0.39 is 0 Å². The first kappa shape index (κ1) is 17.2. The number of hydrogen-bond donors (Lipinski definition) is 1. The lowest BCUT2D eigenvalue weighted by molar-refractivity contribution is 0.109. The summed E-state index contributed by atoms with van der Waals surface area (Å²) < 4.78 is 10.8. The molecule has 0 atom stereocenters. The van der Waals surface area contributed by atoms with Gasteiger partial charge in [-0.05, 0) is 25.5 Å². The molecule has 0 unspecified atom stereocenters. The van der Waals surface area contributed by atoms with Crippen LogP contribution in [0.1, 0.15) is 44.9 Å². The van der Waals surface area contributed by atoms with Crippen LogP contribution in [0.5, 0.6) is 0 Å². The molecule has 0 aliphatic rings. The number of rotatable bonds is 11. The molecule has 1 aromatic heterocycles. The molecule has 0 radical (unpaired) electrons. The molecule has 1 heterocycles. The van der Waals surface area contributed by atoms with Gasteiger partial charge in [0.2, 0.25) is 0 Å². The van der Waals surface area contributed by atoms with Gasteiger partial charge in [-0.1, -0.05) is 20.8 Å². The van der Waals surface area contributed by atoms with Gasteiger partial charge in [0.1, 0.15) is 5.76 Å². The maximum atomic E-state index is 5.60. The molecule has 0 aliphatic carbocycles. The van der Waals surface area contributed by atoms with Crippen LogP contribution < -0.4 is 5.32 Å². The molecular formula is C16H30N2O2.